The highest BCUT2D eigenvalue weighted by Gasteiger charge is 2.17. The fourth-order valence-corrected chi connectivity index (χ4v) is 2.66. The van der Waals surface area contributed by atoms with Crippen LogP contribution in [0.25, 0.3) is 0 Å². The summed E-state index contributed by atoms with van der Waals surface area (Å²) in [6.07, 6.45) is 1.94. The third kappa shape index (κ3) is 6.19. The molecule has 0 radical (unpaired) electrons. The summed E-state index contributed by atoms with van der Waals surface area (Å²) in [5, 5.41) is 2.84. The van der Waals surface area contributed by atoms with E-state index in [9.17, 15) is 13.2 Å². The van der Waals surface area contributed by atoms with Crippen molar-refractivity contribution in [3.05, 3.63) is 29.8 Å². The van der Waals surface area contributed by atoms with Crippen LogP contribution in [0.5, 0.6) is 0 Å². The minimum absolute atomic E-state index is 0.157. The molecule has 1 atom stereocenters. The van der Waals surface area contributed by atoms with E-state index in [2.05, 4.69) is 5.32 Å². The summed E-state index contributed by atoms with van der Waals surface area (Å²) in [5.41, 5.74) is 0.879. The van der Waals surface area contributed by atoms with Crippen molar-refractivity contribution in [1.82, 2.24) is 10.2 Å². The molecule has 1 N–H and O–H groups in total. The molecule has 0 saturated heterocycles. The maximum atomic E-state index is 12.1. The molecule has 1 aromatic rings. The summed E-state index contributed by atoms with van der Waals surface area (Å²) in [6.45, 7) is 5.69. The van der Waals surface area contributed by atoms with Gasteiger partial charge >= 0.3 is 6.03 Å². The molecule has 1 aromatic carbocycles. The fourth-order valence-electron chi connectivity index (χ4n) is 2.03. The molecule has 23 heavy (non-hydrogen) atoms. The third-order valence-corrected chi connectivity index (χ3v) is 4.77. The molecule has 0 spiro atoms. The van der Waals surface area contributed by atoms with E-state index in [1.165, 1.54) is 6.26 Å². The van der Waals surface area contributed by atoms with Crippen molar-refractivity contribution in [2.45, 2.75) is 31.2 Å². The number of carbonyl (C=O) groups is 1. The van der Waals surface area contributed by atoms with Gasteiger partial charge in [-0.1, -0.05) is 12.1 Å². The monoisotopic (exact) mass is 342 g/mol. The van der Waals surface area contributed by atoms with Crippen LogP contribution in [0.15, 0.2) is 29.2 Å². The quantitative estimate of drug-likeness (QED) is 0.735. The van der Waals surface area contributed by atoms with Crippen LogP contribution in [0.1, 0.15) is 31.9 Å². The van der Waals surface area contributed by atoms with Gasteiger partial charge in [0.1, 0.15) is 0 Å². The Kier molecular flexibility index (Phi) is 7.51. The molecule has 0 unspecified atom stereocenters. The zero-order chi connectivity index (χ0) is 17.5. The first-order chi connectivity index (χ1) is 10.8. The standard InChI is InChI=1S/C16H26N2O4S/c1-5-22-12-6-11-17-16(19)18(3)13(2)14-7-9-15(10-8-14)23(4,20)21/h7-10,13H,5-6,11-12H2,1-4H3,(H,17,19)/t13-/m1/s1. The highest BCUT2D eigenvalue weighted by molar-refractivity contribution is 7.90. The lowest BCUT2D eigenvalue weighted by Gasteiger charge is -2.25. The summed E-state index contributed by atoms with van der Waals surface area (Å²) in [5.74, 6) is 0. The van der Waals surface area contributed by atoms with Crippen molar-refractivity contribution in [3.63, 3.8) is 0 Å². The fraction of sp³-hybridized carbons (Fsp3) is 0.562. The number of nitrogens with zero attached hydrogens (tertiary/aromatic N) is 1. The van der Waals surface area contributed by atoms with Crippen molar-refractivity contribution in [2.75, 3.05) is 33.1 Å². The highest BCUT2D eigenvalue weighted by Crippen LogP contribution is 2.20. The molecule has 7 heteroatoms. The summed E-state index contributed by atoms with van der Waals surface area (Å²) in [6, 6.07) is 6.28. The van der Waals surface area contributed by atoms with Crippen LogP contribution in [-0.2, 0) is 14.6 Å². The number of amides is 2. The van der Waals surface area contributed by atoms with Gasteiger partial charge < -0.3 is 15.0 Å². The van der Waals surface area contributed by atoms with E-state index in [4.69, 9.17) is 4.74 Å². The molecule has 0 fully saturated rings. The minimum atomic E-state index is -3.21. The first kappa shape index (κ1) is 19.4. The van der Waals surface area contributed by atoms with Crippen LogP contribution in [0.3, 0.4) is 0 Å². The molecule has 1 rings (SSSR count). The van der Waals surface area contributed by atoms with Gasteiger partial charge in [0.05, 0.1) is 10.9 Å². The van der Waals surface area contributed by atoms with Gasteiger partial charge in [0.25, 0.3) is 0 Å². The Bertz CT molecular complexity index is 599. The van der Waals surface area contributed by atoms with Gasteiger partial charge in [-0.3, -0.25) is 0 Å². The Balaban J connectivity index is 2.58. The maximum absolute atomic E-state index is 12.1. The van der Waals surface area contributed by atoms with Crippen molar-refractivity contribution < 1.29 is 17.9 Å². The predicted molar refractivity (Wildman–Crippen MR) is 90.2 cm³/mol. The first-order valence-corrected chi connectivity index (χ1v) is 9.55. The Hall–Kier alpha value is -1.60. The molecule has 130 valence electrons. The molecule has 0 aliphatic carbocycles. The SMILES string of the molecule is CCOCCCNC(=O)N(C)[C@H](C)c1ccc(S(C)(=O)=O)cc1. The molecule has 0 heterocycles. The molecule has 2 amide bonds. The topological polar surface area (TPSA) is 75.7 Å². The number of rotatable bonds is 8. The van der Waals surface area contributed by atoms with Gasteiger partial charge in [-0.2, -0.15) is 0 Å². The average Bonchev–Trinajstić information content (AvgIpc) is 2.52. The molecule has 0 aliphatic rings. The summed E-state index contributed by atoms with van der Waals surface area (Å²) in [7, 11) is -1.49. The Morgan fingerprint density at radius 1 is 1.30 bits per heavy atom. The maximum Gasteiger partial charge on any atom is 0.317 e. The van der Waals surface area contributed by atoms with Crippen molar-refractivity contribution in [3.8, 4) is 0 Å². The van der Waals surface area contributed by atoms with Crippen LogP contribution in [-0.4, -0.2) is 52.4 Å². The van der Waals surface area contributed by atoms with Gasteiger partial charge in [0.2, 0.25) is 0 Å². The Labute approximate surface area is 138 Å². The number of benzene rings is 1. The second kappa shape index (κ2) is 8.88. The van der Waals surface area contributed by atoms with E-state index >= 15 is 0 Å². The lowest BCUT2D eigenvalue weighted by molar-refractivity contribution is 0.143. The smallest absolute Gasteiger partial charge is 0.317 e. The number of ether oxygens (including phenoxy) is 1. The number of hydrogen-bond donors (Lipinski definition) is 1. The second-order valence-corrected chi connectivity index (χ2v) is 7.43. The first-order valence-electron chi connectivity index (χ1n) is 7.65. The summed E-state index contributed by atoms with van der Waals surface area (Å²) >= 11 is 0. The molecule has 0 aliphatic heterocycles. The van der Waals surface area contributed by atoms with Gasteiger partial charge in [-0.05, 0) is 38.0 Å². The van der Waals surface area contributed by atoms with Crippen molar-refractivity contribution >= 4 is 15.9 Å². The molecule has 6 nitrogen and oxygen atoms in total. The van der Waals surface area contributed by atoms with Crippen LogP contribution in [0.2, 0.25) is 0 Å². The van der Waals surface area contributed by atoms with E-state index in [0.717, 1.165) is 12.0 Å². The average molecular weight is 342 g/mol. The van der Waals surface area contributed by atoms with Gasteiger partial charge in [-0.15, -0.1) is 0 Å². The molecular weight excluding hydrogens is 316 g/mol. The van der Waals surface area contributed by atoms with E-state index in [-0.39, 0.29) is 17.0 Å². The number of carbonyl (C=O) groups excluding carboxylic acids is 1. The zero-order valence-corrected chi connectivity index (χ0v) is 15.0. The van der Waals surface area contributed by atoms with Crippen LogP contribution in [0.4, 0.5) is 4.79 Å². The van der Waals surface area contributed by atoms with Crippen molar-refractivity contribution in [1.29, 1.82) is 0 Å². The summed E-state index contributed by atoms with van der Waals surface area (Å²) in [4.78, 5) is 14.0. The second-order valence-electron chi connectivity index (χ2n) is 5.41. The van der Waals surface area contributed by atoms with E-state index in [0.29, 0.717) is 19.8 Å². The Morgan fingerprint density at radius 2 is 1.91 bits per heavy atom. The van der Waals surface area contributed by atoms with Gasteiger partial charge in [0, 0.05) is 33.1 Å². The molecular formula is C16H26N2O4S. The number of nitrogens with one attached hydrogen (secondary N) is 1. The van der Waals surface area contributed by atoms with E-state index < -0.39 is 9.84 Å². The third-order valence-electron chi connectivity index (χ3n) is 3.64. The number of urea groups is 1. The lowest BCUT2D eigenvalue weighted by atomic mass is 10.1. The summed E-state index contributed by atoms with van der Waals surface area (Å²) < 4.78 is 28.1. The number of hydrogen-bond acceptors (Lipinski definition) is 4. The van der Waals surface area contributed by atoms with E-state index in [1.807, 2.05) is 13.8 Å². The predicted octanol–water partition coefficient (Wildman–Crippen LogP) is 2.22. The van der Waals surface area contributed by atoms with Crippen LogP contribution >= 0.6 is 0 Å². The zero-order valence-electron chi connectivity index (χ0n) is 14.2. The van der Waals surface area contributed by atoms with Crippen molar-refractivity contribution in [2.24, 2.45) is 0 Å². The van der Waals surface area contributed by atoms with Gasteiger partial charge in [-0.25, -0.2) is 13.2 Å². The minimum Gasteiger partial charge on any atom is -0.382 e. The van der Waals surface area contributed by atoms with Crippen LogP contribution in [0, 0.1) is 0 Å². The highest BCUT2D eigenvalue weighted by atomic mass is 32.2. The molecule has 0 bridgehead atoms. The van der Waals surface area contributed by atoms with Crippen LogP contribution < -0.4 is 5.32 Å². The largest absolute Gasteiger partial charge is 0.382 e. The van der Waals surface area contributed by atoms with E-state index in [1.54, 1.807) is 36.2 Å². The Morgan fingerprint density at radius 3 is 2.43 bits per heavy atom. The molecule has 0 aromatic heterocycles. The molecule has 0 saturated carbocycles. The number of sulfone groups is 1. The van der Waals surface area contributed by atoms with Gasteiger partial charge in [0.15, 0.2) is 9.84 Å². The normalized spacial score (nSPS) is 12.7. The lowest BCUT2D eigenvalue weighted by Crippen LogP contribution is -2.39.